The van der Waals surface area contributed by atoms with Crippen LogP contribution in [0.2, 0.25) is 0 Å². The number of aliphatic carboxylic acids is 1. The zero-order valence-corrected chi connectivity index (χ0v) is 12.6. The zero-order chi connectivity index (χ0) is 15.1. The number of carbonyl (C=O) groups is 2. The van der Waals surface area contributed by atoms with E-state index in [1.54, 1.807) is 0 Å². The van der Waals surface area contributed by atoms with Crippen molar-refractivity contribution >= 4 is 11.9 Å². The molecule has 21 heavy (non-hydrogen) atoms. The SMILES string of the molecule is O=C(O)C1CCC(C(=O)NCCCN2CCOCC2)CC1. The summed E-state index contributed by atoms with van der Waals surface area (Å²) in [4.78, 5) is 25.3. The van der Waals surface area contributed by atoms with E-state index in [9.17, 15) is 9.59 Å². The molecule has 120 valence electrons. The molecule has 0 aromatic rings. The lowest BCUT2D eigenvalue weighted by Crippen LogP contribution is -2.39. The molecule has 1 saturated carbocycles. The molecule has 6 heteroatoms. The van der Waals surface area contributed by atoms with Crippen LogP contribution in [0, 0.1) is 11.8 Å². The maximum absolute atomic E-state index is 12.0. The average Bonchev–Trinajstić information content (AvgIpc) is 2.52. The summed E-state index contributed by atoms with van der Waals surface area (Å²) in [6.45, 7) is 5.27. The molecule has 0 aromatic carbocycles. The molecule has 2 fully saturated rings. The Kier molecular flexibility index (Phi) is 6.45. The van der Waals surface area contributed by atoms with Crippen molar-refractivity contribution in [3.63, 3.8) is 0 Å². The maximum atomic E-state index is 12.0. The van der Waals surface area contributed by atoms with Gasteiger partial charge in [0.25, 0.3) is 0 Å². The summed E-state index contributed by atoms with van der Waals surface area (Å²) in [5.74, 6) is -0.875. The van der Waals surface area contributed by atoms with E-state index in [0.717, 1.165) is 39.3 Å². The molecule has 1 aliphatic carbocycles. The van der Waals surface area contributed by atoms with E-state index in [-0.39, 0.29) is 17.7 Å². The summed E-state index contributed by atoms with van der Waals surface area (Å²) in [7, 11) is 0. The van der Waals surface area contributed by atoms with Crippen LogP contribution in [0.15, 0.2) is 0 Å². The molecule has 0 aromatic heterocycles. The smallest absolute Gasteiger partial charge is 0.306 e. The monoisotopic (exact) mass is 298 g/mol. The first-order chi connectivity index (χ1) is 10.2. The van der Waals surface area contributed by atoms with Gasteiger partial charge in [0.2, 0.25) is 5.91 Å². The Morgan fingerprint density at radius 1 is 1.10 bits per heavy atom. The predicted molar refractivity (Wildman–Crippen MR) is 78.0 cm³/mol. The molecule has 0 radical (unpaired) electrons. The molecular formula is C15H26N2O4. The van der Waals surface area contributed by atoms with Crippen molar-refractivity contribution in [1.82, 2.24) is 10.2 Å². The molecule has 1 aliphatic heterocycles. The van der Waals surface area contributed by atoms with Crippen LogP contribution in [-0.2, 0) is 14.3 Å². The highest BCUT2D eigenvalue weighted by Gasteiger charge is 2.29. The lowest BCUT2D eigenvalue weighted by Gasteiger charge is -2.27. The normalized spacial score (nSPS) is 27.2. The maximum Gasteiger partial charge on any atom is 0.306 e. The third-order valence-corrected chi connectivity index (χ3v) is 4.50. The van der Waals surface area contributed by atoms with Crippen molar-refractivity contribution in [3.05, 3.63) is 0 Å². The third-order valence-electron chi connectivity index (χ3n) is 4.50. The Balaban J connectivity index is 1.56. The minimum atomic E-state index is -0.723. The van der Waals surface area contributed by atoms with E-state index in [0.29, 0.717) is 32.2 Å². The minimum absolute atomic E-state index is 0.00369. The van der Waals surface area contributed by atoms with Gasteiger partial charge >= 0.3 is 5.97 Å². The van der Waals surface area contributed by atoms with Crippen LogP contribution in [0.3, 0.4) is 0 Å². The number of morpholine rings is 1. The van der Waals surface area contributed by atoms with Crippen molar-refractivity contribution in [2.75, 3.05) is 39.4 Å². The summed E-state index contributed by atoms with van der Waals surface area (Å²) in [6.07, 6.45) is 3.61. The van der Waals surface area contributed by atoms with Gasteiger partial charge in [0.15, 0.2) is 0 Å². The first-order valence-corrected chi connectivity index (χ1v) is 7.97. The molecule has 1 saturated heterocycles. The van der Waals surface area contributed by atoms with Gasteiger partial charge in [-0.25, -0.2) is 0 Å². The Morgan fingerprint density at radius 2 is 1.71 bits per heavy atom. The second-order valence-corrected chi connectivity index (χ2v) is 5.99. The topological polar surface area (TPSA) is 78.9 Å². The fourth-order valence-electron chi connectivity index (χ4n) is 3.09. The number of amides is 1. The molecule has 2 aliphatic rings. The first-order valence-electron chi connectivity index (χ1n) is 7.97. The van der Waals surface area contributed by atoms with E-state index in [1.807, 2.05) is 0 Å². The summed E-state index contributed by atoms with van der Waals surface area (Å²) >= 11 is 0. The van der Waals surface area contributed by atoms with E-state index in [4.69, 9.17) is 9.84 Å². The number of carbonyl (C=O) groups excluding carboxylic acids is 1. The Morgan fingerprint density at radius 3 is 2.33 bits per heavy atom. The highest BCUT2D eigenvalue weighted by molar-refractivity contribution is 5.79. The first kappa shape index (κ1) is 16.2. The fraction of sp³-hybridized carbons (Fsp3) is 0.867. The molecule has 2 rings (SSSR count). The summed E-state index contributed by atoms with van der Waals surface area (Å²) in [5, 5.41) is 11.9. The van der Waals surface area contributed by atoms with E-state index < -0.39 is 5.97 Å². The highest BCUT2D eigenvalue weighted by atomic mass is 16.5. The van der Waals surface area contributed by atoms with Gasteiger partial charge in [0, 0.05) is 25.6 Å². The molecule has 1 heterocycles. The number of hydrogen-bond donors (Lipinski definition) is 2. The number of hydrogen-bond acceptors (Lipinski definition) is 4. The van der Waals surface area contributed by atoms with Crippen molar-refractivity contribution in [2.24, 2.45) is 11.8 Å². The number of nitrogens with one attached hydrogen (secondary N) is 1. The van der Waals surface area contributed by atoms with E-state index in [1.165, 1.54) is 0 Å². The van der Waals surface area contributed by atoms with Gasteiger partial charge in [-0.05, 0) is 38.6 Å². The van der Waals surface area contributed by atoms with Gasteiger partial charge in [-0.3, -0.25) is 14.5 Å². The second kappa shape index (κ2) is 8.34. The van der Waals surface area contributed by atoms with Crippen molar-refractivity contribution in [1.29, 1.82) is 0 Å². The van der Waals surface area contributed by atoms with Gasteiger partial charge in [-0.15, -0.1) is 0 Å². The summed E-state index contributed by atoms with van der Waals surface area (Å²) in [6, 6.07) is 0. The van der Waals surface area contributed by atoms with Crippen LogP contribution < -0.4 is 5.32 Å². The van der Waals surface area contributed by atoms with Gasteiger partial charge in [-0.2, -0.15) is 0 Å². The van der Waals surface area contributed by atoms with Crippen LogP contribution in [0.25, 0.3) is 0 Å². The highest BCUT2D eigenvalue weighted by Crippen LogP contribution is 2.28. The zero-order valence-electron chi connectivity index (χ0n) is 12.6. The predicted octanol–water partition coefficient (Wildman–Crippen LogP) is 0.716. The van der Waals surface area contributed by atoms with Crippen molar-refractivity contribution in [2.45, 2.75) is 32.1 Å². The Labute approximate surface area is 125 Å². The lowest BCUT2D eigenvalue weighted by atomic mass is 9.81. The van der Waals surface area contributed by atoms with Gasteiger partial charge < -0.3 is 15.2 Å². The molecular weight excluding hydrogens is 272 g/mol. The molecule has 6 nitrogen and oxygen atoms in total. The largest absolute Gasteiger partial charge is 0.481 e. The molecule has 0 unspecified atom stereocenters. The van der Waals surface area contributed by atoms with Crippen molar-refractivity contribution in [3.8, 4) is 0 Å². The Bertz CT molecular complexity index is 348. The van der Waals surface area contributed by atoms with Crippen LogP contribution in [0.1, 0.15) is 32.1 Å². The van der Waals surface area contributed by atoms with Crippen LogP contribution in [-0.4, -0.2) is 61.3 Å². The number of rotatable bonds is 6. The van der Waals surface area contributed by atoms with Crippen LogP contribution >= 0.6 is 0 Å². The number of ether oxygens (including phenoxy) is 1. The standard InChI is InChI=1S/C15H26N2O4/c18-14(12-2-4-13(5-3-12)15(19)20)16-6-1-7-17-8-10-21-11-9-17/h12-13H,1-11H2,(H,16,18)(H,19,20). The number of nitrogens with zero attached hydrogens (tertiary/aromatic N) is 1. The fourth-order valence-corrected chi connectivity index (χ4v) is 3.09. The van der Waals surface area contributed by atoms with Gasteiger partial charge in [-0.1, -0.05) is 0 Å². The lowest BCUT2D eigenvalue weighted by molar-refractivity contribution is -0.144. The number of carboxylic acids is 1. The van der Waals surface area contributed by atoms with Crippen LogP contribution in [0.4, 0.5) is 0 Å². The molecule has 0 atom stereocenters. The van der Waals surface area contributed by atoms with Crippen molar-refractivity contribution < 1.29 is 19.4 Å². The summed E-state index contributed by atoms with van der Waals surface area (Å²) < 4.78 is 5.30. The number of carboxylic acid groups (broad SMARTS) is 1. The Hall–Kier alpha value is -1.14. The van der Waals surface area contributed by atoms with E-state index in [2.05, 4.69) is 10.2 Å². The van der Waals surface area contributed by atoms with Crippen LogP contribution in [0.5, 0.6) is 0 Å². The van der Waals surface area contributed by atoms with Gasteiger partial charge in [0.05, 0.1) is 19.1 Å². The quantitative estimate of drug-likeness (QED) is 0.706. The third kappa shape index (κ3) is 5.28. The van der Waals surface area contributed by atoms with E-state index >= 15 is 0 Å². The molecule has 0 spiro atoms. The molecule has 0 bridgehead atoms. The minimum Gasteiger partial charge on any atom is -0.481 e. The molecule has 2 N–H and O–H groups in total. The average molecular weight is 298 g/mol. The van der Waals surface area contributed by atoms with Gasteiger partial charge in [0.1, 0.15) is 0 Å². The summed E-state index contributed by atoms with van der Waals surface area (Å²) in [5.41, 5.74) is 0. The second-order valence-electron chi connectivity index (χ2n) is 5.99. The molecule has 1 amide bonds.